The van der Waals surface area contributed by atoms with E-state index in [9.17, 15) is 4.79 Å². The number of aromatic nitrogens is 2. The molecule has 4 heteroatoms. The Kier molecular flexibility index (Phi) is 3.44. The monoisotopic (exact) mass is 279 g/mol. The van der Waals surface area contributed by atoms with Gasteiger partial charge in [0.25, 0.3) is 0 Å². The molecule has 3 aromatic rings. The number of carbonyl (C=O) groups is 1. The summed E-state index contributed by atoms with van der Waals surface area (Å²) in [5.74, 6) is -0.0115. The van der Waals surface area contributed by atoms with Crippen molar-refractivity contribution in [2.45, 2.75) is 20.3 Å². The minimum absolute atomic E-state index is 0.0115. The van der Waals surface area contributed by atoms with Crippen molar-refractivity contribution >= 4 is 22.5 Å². The summed E-state index contributed by atoms with van der Waals surface area (Å²) in [4.78, 5) is 12.2. The number of H-pyrrole nitrogens is 1. The van der Waals surface area contributed by atoms with Gasteiger partial charge >= 0.3 is 0 Å². The van der Waals surface area contributed by atoms with Crippen LogP contribution in [0.15, 0.2) is 42.6 Å². The molecule has 0 bridgehead atoms. The van der Waals surface area contributed by atoms with Crippen molar-refractivity contribution in [3.63, 3.8) is 0 Å². The van der Waals surface area contributed by atoms with E-state index in [1.165, 1.54) is 5.56 Å². The van der Waals surface area contributed by atoms with Gasteiger partial charge in [-0.15, -0.1) is 0 Å². The fourth-order valence-electron chi connectivity index (χ4n) is 2.38. The summed E-state index contributed by atoms with van der Waals surface area (Å²) in [6.07, 6.45) is 2.14. The lowest BCUT2D eigenvalue weighted by Gasteiger charge is -2.08. The third kappa shape index (κ3) is 2.94. The first-order valence-electron chi connectivity index (χ1n) is 6.91. The number of aryl methyl sites for hydroxylation is 2. The van der Waals surface area contributed by atoms with Gasteiger partial charge in [-0.25, -0.2) is 0 Å². The van der Waals surface area contributed by atoms with Crippen LogP contribution in [0.4, 0.5) is 5.69 Å². The van der Waals surface area contributed by atoms with Crippen LogP contribution in [0, 0.1) is 13.8 Å². The van der Waals surface area contributed by atoms with Gasteiger partial charge in [0.2, 0.25) is 5.91 Å². The molecule has 1 amide bonds. The zero-order valence-electron chi connectivity index (χ0n) is 12.1. The lowest BCUT2D eigenvalue weighted by atomic mass is 10.0. The number of benzene rings is 2. The van der Waals surface area contributed by atoms with E-state index in [4.69, 9.17) is 0 Å². The minimum Gasteiger partial charge on any atom is -0.326 e. The number of hydrogen-bond acceptors (Lipinski definition) is 2. The molecule has 0 spiro atoms. The van der Waals surface area contributed by atoms with E-state index in [0.717, 1.165) is 27.7 Å². The Morgan fingerprint density at radius 2 is 2.05 bits per heavy atom. The Balaban J connectivity index is 1.75. The lowest BCUT2D eigenvalue weighted by Crippen LogP contribution is -2.15. The highest BCUT2D eigenvalue weighted by Gasteiger charge is 2.07. The maximum absolute atomic E-state index is 12.2. The molecular weight excluding hydrogens is 262 g/mol. The summed E-state index contributed by atoms with van der Waals surface area (Å²) in [6.45, 7) is 4.06. The van der Waals surface area contributed by atoms with Crippen molar-refractivity contribution in [3.05, 3.63) is 59.3 Å². The van der Waals surface area contributed by atoms with Gasteiger partial charge in [0, 0.05) is 11.1 Å². The van der Waals surface area contributed by atoms with Crippen LogP contribution < -0.4 is 5.32 Å². The molecular formula is C17H17N3O. The first kappa shape index (κ1) is 13.4. The van der Waals surface area contributed by atoms with Crippen molar-refractivity contribution in [1.82, 2.24) is 10.2 Å². The van der Waals surface area contributed by atoms with Gasteiger partial charge in [-0.2, -0.15) is 5.10 Å². The number of amides is 1. The minimum atomic E-state index is -0.0115. The predicted octanol–water partition coefficient (Wildman–Crippen LogP) is 3.36. The van der Waals surface area contributed by atoms with Gasteiger partial charge in [0.05, 0.1) is 18.1 Å². The molecule has 0 radical (unpaired) electrons. The van der Waals surface area contributed by atoms with Crippen molar-refractivity contribution in [2.75, 3.05) is 5.32 Å². The normalized spacial score (nSPS) is 10.8. The molecule has 0 fully saturated rings. The van der Waals surface area contributed by atoms with Gasteiger partial charge in [-0.05, 0) is 43.2 Å². The fraction of sp³-hybridized carbons (Fsp3) is 0.176. The third-order valence-corrected chi connectivity index (χ3v) is 3.58. The van der Waals surface area contributed by atoms with Crippen molar-refractivity contribution < 1.29 is 4.79 Å². The predicted molar refractivity (Wildman–Crippen MR) is 84.3 cm³/mol. The Morgan fingerprint density at radius 3 is 2.90 bits per heavy atom. The number of rotatable bonds is 3. The summed E-state index contributed by atoms with van der Waals surface area (Å²) < 4.78 is 0. The first-order valence-corrected chi connectivity index (χ1v) is 6.91. The van der Waals surface area contributed by atoms with Crippen molar-refractivity contribution in [3.8, 4) is 0 Å². The second-order valence-electron chi connectivity index (χ2n) is 5.33. The number of anilines is 1. The lowest BCUT2D eigenvalue weighted by molar-refractivity contribution is -0.115. The molecule has 3 rings (SSSR count). The Bertz CT molecular complexity index is 805. The molecule has 0 saturated heterocycles. The topological polar surface area (TPSA) is 57.8 Å². The van der Waals surface area contributed by atoms with Crippen LogP contribution in [0.1, 0.15) is 16.7 Å². The van der Waals surface area contributed by atoms with E-state index in [1.807, 2.05) is 32.0 Å². The van der Waals surface area contributed by atoms with Gasteiger partial charge in [0.15, 0.2) is 0 Å². The summed E-state index contributed by atoms with van der Waals surface area (Å²) in [5, 5.41) is 10.8. The largest absolute Gasteiger partial charge is 0.326 e. The van der Waals surface area contributed by atoms with Gasteiger partial charge < -0.3 is 5.32 Å². The molecule has 106 valence electrons. The maximum atomic E-state index is 12.2. The highest BCUT2D eigenvalue weighted by atomic mass is 16.1. The number of aromatic amines is 1. The zero-order valence-corrected chi connectivity index (χ0v) is 12.1. The maximum Gasteiger partial charge on any atom is 0.228 e. The highest BCUT2D eigenvalue weighted by molar-refractivity contribution is 5.94. The number of carbonyl (C=O) groups excluding carboxylic acids is 1. The van der Waals surface area contributed by atoms with Crippen LogP contribution in [0.2, 0.25) is 0 Å². The van der Waals surface area contributed by atoms with E-state index in [1.54, 1.807) is 6.20 Å². The summed E-state index contributed by atoms with van der Waals surface area (Å²) in [6, 6.07) is 11.9. The third-order valence-electron chi connectivity index (χ3n) is 3.58. The average Bonchev–Trinajstić information content (AvgIpc) is 2.90. The second-order valence-corrected chi connectivity index (χ2v) is 5.33. The van der Waals surface area contributed by atoms with E-state index in [0.29, 0.717) is 6.42 Å². The molecule has 0 aliphatic carbocycles. The molecule has 0 atom stereocenters. The molecule has 2 aromatic carbocycles. The quantitative estimate of drug-likeness (QED) is 0.772. The standard InChI is InChI=1S/C17H17N3O/c1-11-3-4-12(2)14(7-11)8-17(21)19-15-6-5-13-10-18-20-16(13)9-15/h3-7,9-10H,8H2,1-2H3,(H,18,20)(H,19,21). The Hall–Kier alpha value is -2.62. The van der Waals surface area contributed by atoms with Crippen LogP contribution in [-0.4, -0.2) is 16.1 Å². The van der Waals surface area contributed by atoms with Crippen LogP contribution in [0.5, 0.6) is 0 Å². The summed E-state index contributed by atoms with van der Waals surface area (Å²) in [7, 11) is 0. The van der Waals surface area contributed by atoms with Crippen LogP contribution in [-0.2, 0) is 11.2 Å². The zero-order chi connectivity index (χ0) is 14.8. The van der Waals surface area contributed by atoms with Crippen LogP contribution in [0.25, 0.3) is 10.9 Å². The molecule has 0 aliphatic rings. The smallest absolute Gasteiger partial charge is 0.228 e. The van der Waals surface area contributed by atoms with E-state index < -0.39 is 0 Å². The van der Waals surface area contributed by atoms with Crippen molar-refractivity contribution in [1.29, 1.82) is 0 Å². The molecule has 1 heterocycles. The van der Waals surface area contributed by atoms with E-state index in [2.05, 4.69) is 33.7 Å². The number of hydrogen-bond donors (Lipinski definition) is 2. The molecule has 0 aliphatic heterocycles. The summed E-state index contributed by atoms with van der Waals surface area (Å²) >= 11 is 0. The molecule has 0 unspecified atom stereocenters. The van der Waals surface area contributed by atoms with Gasteiger partial charge in [-0.3, -0.25) is 9.89 Å². The highest BCUT2D eigenvalue weighted by Crippen LogP contribution is 2.17. The van der Waals surface area contributed by atoms with Crippen LogP contribution in [0.3, 0.4) is 0 Å². The van der Waals surface area contributed by atoms with Gasteiger partial charge in [-0.1, -0.05) is 23.8 Å². The molecule has 4 nitrogen and oxygen atoms in total. The van der Waals surface area contributed by atoms with Crippen molar-refractivity contribution in [2.24, 2.45) is 0 Å². The average molecular weight is 279 g/mol. The Labute approximate surface area is 123 Å². The second kappa shape index (κ2) is 5.40. The van der Waals surface area contributed by atoms with Gasteiger partial charge in [0.1, 0.15) is 0 Å². The van der Waals surface area contributed by atoms with E-state index >= 15 is 0 Å². The number of nitrogens with one attached hydrogen (secondary N) is 2. The number of nitrogens with zero attached hydrogens (tertiary/aromatic N) is 1. The molecule has 2 N–H and O–H groups in total. The molecule has 1 aromatic heterocycles. The number of fused-ring (bicyclic) bond motifs is 1. The molecule has 0 saturated carbocycles. The van der Waals surface area contributed by atoms with E-state index in [-0.39, 0.29) is 5.91 Å². The first-order chi connectivity index (χ1) is 10.1. The SMILES string of the molecule is Cc1ccc(C)c(CC(=O)Nc2ccc3cn[nH]c3c2)c1. The molecule has 21 heavy (non-hydrogen) atoms. The van der Waals surface area contributed by atoms with Crippen LogP contribution >= 0.6 is 0 Å². The Morgan fingerprint density at radius 1 is 1.19 bits per heavy atom. The summed E-state index contributed by atoms with van der Waals surface area (Å²) in [5.41, 5.74) is 5.07. The fourth-order valence-corrected chi connectivity index (χ4v) is 2.38.